The lowest BCUT2D eigenvalue weighted by Gasteiger charge is -2.27. The molecule has 128 valence electrons. The predicted molar refractivity (Wildman–Crippen MR) is 102 cm³/mol. The van der Waals surface area contributed by atoms with Crippen molar-refractivity contribution in [3.63, 3.8) is 0 Å². The Labute approximate surface area is 152 Å². The molecule has 1 heterocycles. The van der Waals surface area contributed by atoms with Crippen LogP contribution in [-0.4, -0.2) is 32.8 Å². The summed E-state index contributed by atoms with van der Waals surface area (Å²) >= 11 is 1.45. The summed E-state index contributed by atoms with van der Waals surface area (Å²) in [7, 11) is 0. The number of hydrogen-bond acceptors (Lipinski definition) is 4. The highest BCUT2D eigenvalue weighted by Gasteiger charge is 2.18. The number of benzene rings is 2. The van der Waals surface area contributed by atoms with Gasteiger partial charge in [-0.25, -0.2) is 0 Å². The predicted octanol–water partition coefficient (Wildman–Crippen LogP) is 4.16. The summed E-state index contributed by atoms with van der Waals surface area (Å²) in [6.07, 6.45) is 1.75. The van der Waals surface area contributed by atoms with Crippen molar-refractivity contribution in [3.05, 3.63) is 66.4 Å². The molecule has 25 heavy (non-hydrogen) atoms. The first kappa shape index (κ1) is 17.4. The standard InChI is InChI=1S/C20H21N3OS/c1-15(2)23(13-16-8-4-3-5-9-16)19(24)14-25-20-18-11-7-6-10-17(18)12-21-22-20/h3-12,15H,13-14H2,1-2H3. The van der Waals surface area contributed by atoms with Gasteiger partial charge in [-0.3, -0.25) is 4.79 Å². The largest absolute Gasteiger partial charge is 0.335 e. The quantitative estimate of drug-likeness (QED) is 0.626. The summed E-state index contributed by atoms with van der Waals surface area (Å²) in [5.74, 6) is 0.465. The van der Waals surface area contributed by atoms with Crippen molar-refractivity contribution in [1.82, 2.24) is 15.1 Å². The van der Waals surface area contributed by atoms with Crippen molar-refractivity contribution < 1.29 is 4.79 Å². The van der Waals surface area contributed by atoms with E-state index in [0.29, 0.717) is 12.3 Å². The summed E-state index contributed by atoms with van der Waals surface area (Å²) in [5, 5.41) is 11.1. The molecule has 3 aromatic rings. The molecule has 0 N–H and O–H groups in total. The van der Waals surface area contributed by atoms with E-state index in [4.69, 9.17) is 0 Å². The minimum atomic E-state index is 0.110. The van der Waals surface area contributed by atoms with Gasteiger partial charge in [-0.2, -0.15) is 5.10 Å². The normalized spacial score (nSPS) is 11.0. The minimum absolute atomic E-state index is 0.110. The fourth-order valence-electron chi connectivity index (χ4n) is 2.66. The van der Waals surface area contributed by atoms with Gasteiger partial charge in [0, 0.05) is 23.4 Å². The lowest BCUT2D eigenvalue weighted by Crippen LogP contribution is -2.37. The molecular formula is C20H21N3OS. The van der Waals surface area contributed by atoms with Crippen LogP contribution in [0.15, 0.2) is 65.8 Å². The second-order valence-electron chi connectivity index (χ2n) is 6.13. The smallest absolute Gasteiger partial charge is 0.233 e. The number of carbonyl (C=O) groups excluding carboxylic acids is 1. The van der Waals surface area contributed by atoms with Crippen molar-refractivity contribution in [2.75, 3.05) is 5.75 Å². The van der Waals surface area contributed by atoms with E-state index in [2.05, 4.69) is 10.2 Å². The molecule has 0 saturated heterocycles. The van der Waals surface area contributed by atoms with E-state index in [9.17, 15) is 4.79 Å². The first-order chi connectivity index (χ1) is 12.1. The summed E-state index contributed by atoms with van der Waals surface area (Å²) in [4.78, 5) is 14.7. The van der Waals surface area contributed by atoms with Crippen molar-refractivity contribution in [2.24, 2.45) is 0 Å². The Bertz CT molecular complexity index is 846. The molecule has 1 aromatic heterocycles. The van der Waals surface area contributed by atoms with Gasteiger partial charge in [-0.05, 0) is 19.4 Å². The maximum Gasteiger partial charge on any atom is 0.233 e. The van der Waals surface area contributed by atoms with E-state index in [-0.39, 0.29) is 11.9 Å². The Morgan fingerprint density at radius 2 is 1.80 bits per heavy atom. The summed E-state index contributed by atoms with van der Waals surface area (Å²) < 4.78 is 0. The van der Waals surface area contributed by atoms with Gasteiger partial charge in [0.2, 0.25) is 5.91 Å². The first-order valence-electron chi connectivity index (χ1n) is 8.32. The lowest BCUT2D eigenvalue weighted by molar-refractivity contribution is -0.130. The summed E-state index contributed by atoms with van der Waals surface area (Å²) in [6, 6.07) is 18.2. The van der Waals surface area contributed by atoms with Crippen LogP contribution in [0.4, 0.5) is 0 Å². The Hall–Kier alpha value is -2.40. The molecule has 3 rings (SSSR count). The van der Waals surface area contributed by atoms with Crippen LogP contribution in [-0.2, 0) is 11.3 Å². The van der Waals surface area contributed by atoms with Crippen LogP contribution in [0.2, 0.25) is 0 Å². The second kappa shape index (κ2) is 8.12. The van der Waals surface area contributed by atoms with Crippen molar-refractivity contribution in [3.8, 4) is 0 Å². The number of aromatic nitrogens is 2. The molecular weight excluding hydrogens is 330 g/mol. The topological polar surface area (TPSA) is 46.1 Å². The zero-order chi connectivity index (χ0) is 17.6. The summed E-state index contributed by atoms with van der Waals surface area (Å²) in [6.45, 7) is 4.71. The number of fused-ring (bicyclic) bond motifs is 1. The highest BCUT2D eigenvalue weighted by atomic mass is 32.2. The molecule has 0 radical (unpaired) electrons. The molecule has 0 atom stereocenters. The van der Waals surface area contributed by atoms with Gasteiger partial charge in [-0.1, -0.05) is 66.4 Å². The van der Waals surface area contributed by atoms with E-state index in [1.165, 1.54) is 11.8 Å². The van der Waals surface area contributed by atoms with Crippen LogP contribution < -0.4 is 0 Å². The van der Waals surface area contributed by atoms with E-state index < -0.39 is 0 Å². The van der Waals surface area contributed by atoms with E-state index >= 15 is 0 Å². The third-order valence-corrected chi connectivity index (χ3v) is 4.97. The highest BCUT2D eigenvalue weighted by molar-refractivity contribution is 8.00. The Kier molecular flexibility index (Phi) is 5.66. The van der Waals surface area contributed by atoms with Gasteiger partial charge in [0.1, 0.15) is 5.03 Å². The molecule has 0 aliphatic rings. The second-order valence-corrected chi connectivity index (χ2v) is 7.09. The number of hydrogen-bond donors (Lipinski definition) is 0. The lowest BCUT2D eigenvalue weighted by atomic mass is 10.2. The molecule has 0 unspecified atom stereocenters. The van der Waals surface area contributed by atoms with E-state index in [1.54, 1.807) is 6.20 Å². The number of rotatable bonds is 6. The van der Waals surface area contributed by atoms with Gasteiger partial charge < -0.3 is 4.90 Å². The maximum atomic E-state index is 12.8. The average molecular weight is 351 g/mol. The monoisotopic (exact) mass is 351 g/mol. The first-order valence-corrected chi connectivity index (χ1v) is 9.30. The van der Waals surface area contributed by atoms with Crippen LogP contribution in [0, 0.1) is 0 Å². The number of nitrogens with zero attached hydrogens (tertiary/aromatic N) is 3. The van der Waals surface area contributed by atoms with Crippen molar-refractivity contribution in [2.45, 2.75) is 31.5 Å². The molecule has 4 nitrogen and oxygen atoms in total. The molecule has 1 amide bonds. The fourth-order valence-corrected chi connectivity index (χ4v) is 3.53. The Morgan fingerprint density at radius 1 is 1.08 bits per heavy atom. The SMILES string of the molecule is CC(C)N(Cc1ccccc1)C(=O)CSc1nncc2ccccc12. The van der Waals surface area contributed by atoms with E-state index in [1.807, 2.05) is 73.3 Å². The van der Waals surface area contributed by atoms with Crippen LogP contribution >= 0.6 is 11.8 Å². The van der Waals surface area contributed by atoms with Crippen molar-refractivity contribution >= 4 is 28.4 Å². The fraction of sp³-hybridized carbons (Fsp3) is 0.250. The van der Waals surface area contributed by atoms with Gasteiger partial charge in [0.25, 0.3) is 0 Å². The molecule has 0 saturated carbocycles. The van der Waals surface area contributed by atoms with Crippen molar-refractivity contribution in [1.29, 1.82) is 0 Å². The van der Waals surface area contributed by atoms with Gasteiger partial charge in [-0.15, -0.1) is 5.10 Å². The molecule has 0 spiro atoms. The zero-order valence-electron chi connectivity index (χ0n) is 14.4. The van der Waals surface area contributed by atoms with Crippen LogP contribution in [0.5, 0.6) is 0 Å². The van der Waals surface area contributed by atoms with E-state index in [0.717, 1.165) is 21.4 Å². The molecule has 0 fully saturated rings. The highest BCUT2D eigenvalue weighted by Crippen LogP contribution is 2.25. The molecule has 0 bridgehead atoms. The van der Waals surface area contributed by atoms with Crippen LogP contribution in [0.25, 0.3) is 10.8 Å². The Balaban J connectivity index is 1.71. The zero-order valence-corrected chi connectivity index (χ0v) is 15.2. The average Bonchev–Trinajstić information content (AvgIpc) is 2.64. The van der Waals surface area contributed by atoms with Crippen LogP contribution in [0.3, 0.4) is 0 Å². The number of thioether (sulfide) groups is 1. The van der Waals surface area contributed by atoms with Gasteiger partial charge in [0.15, 0.2) is 0 Å². The van der Waals surface area contributed by atoms with Gasteiger partial charge >= 0.3 is 0 Å². The third kappa shape index (κ3) is 4.37. The molecule has 0 aliphatic carbocycles. The van der Waals surface area contributed by atoms with Gasteiger partial charge in [0.05, 0.1) is 11.9 Å². The molecule has 0 aliphatic heterocycles. The molecule has 2 aromatic carbocycles. The number of amides is 1. The minimum Gasteiger partial charge on any atom is -0.335 e. The number of carbonyl (C=O) groups is 1. The van der Waals surface area contributed by atoms with Crippen LogP contribution in [0.1, 0.15) is 19.4 Å². The summed E-state index contributed by atoms with van der Waals surface area (Å²) in [5.41, 5.74) is 1.14. The molecule has 5 heteroatoms. The maximum absolute atomic E-state index is 12.8. The third-order valence-electron chi connectivity index (χ3n) is 4.01. The Morgan fingerprint density at radius 3 is 2.56 bits per heavy atom.